The molecular formula is C20H20FN5O. The van der Waals surface area contributed by atoms with Crippen molar-refractivity contribution in [2.45, 2.75) is 27.7 Å². The Morgan fingerprint density at radius 2 is 1.93 bits per heavy atom. The lowest BCUT2D eigenvalue weighted by Gasteiger charge is -2.09. The van der Waals surface area contributed by atoms with Crippen molar-refractivity contribution >= 4 is 28.4 Å². The van der Waals surface area contributed by atoms with Crippen LogP contribution in [0.25, 0.3) is 22.0 Å². The van der Waals surface area contributed by atoms with E-state index < -0.39 is 5.95 Å². The first-order valence-corrected chi connectivity index (χ1v) is 8.39. The van der Waals surface area contributed by atoms with Gasteiger partial charge in [0.1, 0.15) is 5.82 Å². The molecule has 6 nitrogen and oxygen atoms in total. The number of carbonyl (C=O) groups is 1. The minimum atomic E-state index is -0.696. The van der Waals surface area contributed by atoms with Gasteiger partial charge in [0.15, 0.2) is 5.82 Å². The molecule has 0 aliphatic rings. The van der Waals surface area contributed by atoms with Crippen molar-refractivity contribution in [1.82, 2.24) is 15.2 Å². The van der Waals surface area contributed by atoms with Crippen molar-refractivity contribution < 1.29 is 9.18 Å². The first kappa shape index (κ1) is 18.4. The standard InChI is InChI=1S/C20H20FN5O/c1-11(27)23-17-10-14(9-16(21)24-17)13-7-12(5-6-20(2,3)4)18-15(8-13)19(22)26-25-18/h7-10H,1-4H3,(H3,22,25,26)(H,23,24,27). The Bertz CT molecular complexity index is 1100. The third kappa shape index (κ3) is 4.23. The Labute approximate surface area is 156 Å². The molecule has 0 fully saturated rings. The average Bonchev–Trinajstić information content (AvgIpc) is 2.92. The second-order valence-corrected chi connectivity index (χ2v) is 7.30. The third-order valence-corrected chi connectivity index (χ3v) is 3.71. The van der Waals surface area contributed by atoms with Crippen LogP contribution in [0, 0.1) is 23.2 Å². The fraction of sp³-hybridized carbons (Fsp3) is 0.250. The van der Waals surface area contributed by atoms with Crippen LogP contribution < -0.4 is 11.1 Å². The van der Waals surface area contributed by atoms with Crippen LogP contribution in [0.1, 0.15) is 33.3 Å². The van der Waals surface area contributed by atoms with Gasteiger partial charge in [0.2, 0.25) is 11.9 Å². The smallest absolute Gasteiger partial charge is 0.222 e. The van der Waals surface area contributed by atoms with Gasteiger partial charge in [-0.15, -0.1) is 0 Å². The van der Waals surface area contributed by atoms with Gasteiger partial charge in [-0.2, -0.15) is 9.49 Å². The Morgan fingerprint density at radius 1 is 1.22 bits per heavy atom. The predicted octanol–water partition coefficient (Wildman–Crippen LogP) is 3.70. The molecule has 0 bridgehead atoms. The van der Waals surface area contributed by atoms with Gasteiger partial charge >= 0.3 is 0 Å². The Morgan fingerprint density at radius 3 is 2.59 bits per heavy atom. The van der Waals surface area contributed by atoms with E-state index in [1.165, 1.54) is 13.0 Å². The Balaban J connectivity index is 2.20. The summed E-state index contributed by atoms with van der Waals surface area (Å²) in [4.78, 5) is 15.0. The second-order valence-electron chi connectivity index (χ2n) is 7.30. The minimum Gasteiger partial charge on any atom is -0.382 e. The molecule has 138 valence electrons. The monoisotopic (exact) mass is 365 g/mol. The number of anilines is 2. The van der Waals surface area contributed by atoms with Gasteiger partial charge in [-0.25, -0.2) is 4.98 Å². The maximum absolute atomic E-state index is 14.0. The molecule has 3 aromatic rings. The molecule has 7 heteroatoms. The Hall–Kier alpha value is -3.40. The largest absolute Gasteiger partial charge is 0.382 e. The van der Waals surface area contributed by atoms with E-state index in [0.29, 0.717) is 27.9 Å². The summed E-state index contributed by atoms with van der Waals surface area (Å²) in [6.45, 7) is 7.38. The first-order chi connectivity index (χ1) is 12.6. The highest BCUT2D eigenvalue weighted by Gasteiger charge is 2.13. The highest BCUT2D eigenvalue weighted by molar-refractivity contribution is 5.96. The number of nitrogens with zero attached hydrogens (tertiary/aromatic N) is 2. The number of nitrogen functional groups attached to an aromatic ring is 1. The van der Waals surface area contributed by atoms with E-state index in [1.807, 2.05) is 32.9 Å². The zero-order valence-electron chi connectivity index (χ0n) is 15.6. The number of nitrogens with two attached hydrogens (primary N) is 1. The number of hydrogen-bond donors (Lipinski definition) is 3. The maximum atomic E-state index is 14.0. The summed E-state index contributed by atoms with van der Waals surface area (Å²) in [5, 5.41) is 10.1. The molecule has 1 amide bonds. The lowest BCUT2D eigenvalue weighted by atomic mass is 9.96. The topological polar surface area (TPSA) is 96.7 Å². The number of halogens is 1. The van der Waals surface area contributed by atoms with Gasteiger partial charge in [0.25, 0.3) is 0 Å². The lowest BCUT2D eigenvalue weighted by Crippen LogP contribution is -2.08. The van der Waals surface area contributed by atoms with Crippen molar-refractivity contribution in [2.24, 2.45) is 5.41 Å². The highest BCUT2D eigenvalue weighted by atomic mass is 19.1. The quantitative estimate of drug-likeness (QED) is 0.476. The van der Waals surface area contributed by atoms with E-state index >= 15 is 0 Å². The summed E-state index contributed by atoms with van der Waals surface area (Å²) in [7, 11) is 0. The molecule has 27 heavy (non-hydrogen) atoms. The third-order valence-electron chi connectivity index (χ3n) is 3.71. The fourth-order valence-electron chi connectivity index (χ4n) is 2.57. The van der Waals surface area contributed by atoms with Crippen molar-refractivity contribution in [2.75, 3.05) is 11.1 Å². The first-order valence-electron chi connectivity index (χ1n) is 8.39. The van der Waals surface area contributed by atoms with E-state index in [4.69, 9.17) is 5.73 Å². The molecule has 4 N–H and O–H groups in total. The van der Waals surface area contributed by atoms with E-state index in [9.17, 15) is 9.18 Å². The number of rotatable bonds is 2. The minimum absolute atomic E-state index is 0.139. The summed E-state index contributed by atoms with van der Waals surface area (Å²) >= 11 is 0. The number of carbonyl (C=O) groups excluding carboxylic acids is 1. The van der Waals surface area contributed by atoms with Crippen LogP contribution >= 0.6 is 0 Å². The van der Waals surface area contributed by atoms with Crippen LogP contribution in [0.5, 0.6) is 0 Å². The van der Waals surface area contributed by atoms with Gasteiger partial charge in [0, 0.05) is 23.8 Å². The van der Waals surface area contributed by atoms with Gasteiger partial charge in [-0.1, -0.05) is 11.8 Å². The van der Waals surface area contributed by atoms with Crippen LogP contribution in [0.2, 0.25) is 0 Å². The highest BCUT2D eigenvalue weighted by Crippen LogP contribution is 2.30. The number of hydrogen-bond acceptors (Lipinski definition) is 4. The summed E-state index contributed by atoms with van der Waals surface area (Å²) in [5.41, 5.74) is 8.46. The summed E-state index contributed by atoms with van der Waals surface area (Å²) in [6.07, 6.45) is 0. The second kappa shape index (κ2) is 6.72. The number of amides is 1. The van der Waals surface area contributed by atoms with Gasteiger partial charge in [0.05, 0.1) is 11.1 Å². The molecule has 0 unspecified atom stereocenters. The van der Waals surface area contributed by atoms with Crippen molar-refractivity contribution in [3.8, 4) is 23.0 Å². The van der Waals surface area contributed by atoms with Gasteiger partial charge in [-0.3, -0.25) is 9.89 Å². The summed E-state index contributed by atoms with van der Waals surface area (Å²) < 4.78 is 14.0. The van der Waals surface area contributed by atoms with E-state index in [-0.39, 0.29) is 17.1 Å². The van der Waals surface area contributed by atoms with Crippen LogP contribution in [-0.4, -0.2) is 21.1 Å². The molecule has 0 saturated heterocycles. The molecular weight excluding hydrogens is 345 g/mol. The molecule has 0 saturated carbocycles. The zero-order valence-corrected chi connectivity index (χ0v) is 15.6. The molecule has 0 radical (unpaired) electrons. The normalized spacial score (nSPS) is 11.1. The maximum Gasteiger partial charge on any atom is 0.222 e. The van der Waals surface area contributed by atoms with E-state index in [0.717, 1.165) is 5.52 Å². The summed E-state index contributed by atoms with van der Waals surface area (Å²) in [6, 6.07) is 6.54. The van der Waals surface area contributed by atoms with Crippen LogP contribution in [0.4, 0.5) is 16.0 Å². The van der Waals surface area contributed by atoms with Gasteiger partial charge in [-0.05, 0) is 50.1 Å². The fourth-order valence-corrected chi connectivity index (χ4v) is 2.57. The lowest BCUT2D eigenvalue weighted by molar-refractivity contribution is -0.114. The zero-order chi connectivity index (χ0) is 19.8. The van der Waals surface area contributed by atoms with E-state index in [1.54, 1.807) is 6.07 Å². The number of pyridine rings is 1. The summed E-state index contributed by atoms with van der Waals surface area (Å²) in [5.74, 6) is 5.79. The molecule has 0 aliphatic heterocycles. The van der Waals surface area contributed by atoms with Crippen LogP contribution in [-0.2, 0) is 4.79 Å². The Kier molecular flexibility index (Phi) is 4.58. The molecule has 0 aliphatic carbocycles. The van der Waals surface area contributed by atoms with Crippen molar-refractivity contribution in [1.29, 1.82) is 0 Å². The van der Waals surface area contributed by atoms with E-state index in [2.05, 4.69) is 32.3 Å². The molecule has 0 atom stereocenters. The number of benzene rings is 1. The van der Waals surface area contributed by atoms with Crippen molar-refractivity contribution in [3.05, 3.63) is 35.8 Å². The number of aromatic nitrogens is 3. The number of H-pyrrole nitrogens is 1. The molecule has 2 aromatic heterocycles. The average molecular weight is 365 g/mol. The SMILES string of the molecule is CC(=O)Nc1cc(-c2cc(C#CC(C)(C)C)c3[nH]nc(N)c3c2)cc(F)n1. The molecule has 3 rings (SSSR count). The van der Waals surface area contributed by atoms with Crippen molar-refractivity contribution in [3.63, 3.8) is 0 Å². The van der Waals surface area contributed by atoms with Gasteiger partial charge < -0.3 is 11.1 Å². The predicted molar refractivity (Wildman–Crippen MR) is 104 cm³/mol. The number of aromatic amines is 1. The number of nitrogens with one attached hydrogen (secondary N) is 2. The molecule has 1 aromatic carbocycles. The van der Waals surface area contributed by atoms with Crippen LogP contribution in [0.3, 0.4) is 0 Å². The molecule has 0 spiro atoms. The number of fused-ring (bicyclic) bond motifs is 1. The van der Waals surface area contributed by atoms with Crippen LogP contribution in [0.15, 0.2) is 24.3 Å². The molecule has 2 heterocycles.